The fourth-order valence-corrected chi connectivity index (χ4v) is 4.10. The zero-order valence-electron chi connectivity index (χ0n) is 24.2. The number of methoxy groups -OCH3 is 2. The first-order chi connectivity index (χ1) is 20.1. The Morgan fingerprint density at radius 3 is 2.36 bits per heavy atom. The molecule has 2 rings (SSSR count). The molecule has 2 atom stereocenters. The van der Waals surface area contributed by atoms with E-state index in [1.54, 1.807) is 18.1 Å². The van der Waals surface area contributed by atoms with E-state index in [2.05, 4.69) is 23.8 Å². The summed E-state index contributed by atoms with van der Waals surface area (Å²) in [7, 11) is 2.79. The predicted octanol–water partition coefficient (Wildman–Crippen LogP) is 3.73. The molecule has 0 aromatic heterocycles. The van der Waals surface area contributed by atoms with Gasteiger partial charge in [-0.25, -0.2) is 4.79 Å². The molecule has 11 heteroatoms. The molecule has 226 valence electrons. The van der Waals surface area contributed by atoms with Gasteiger partial charge < -0.3 is 29.7 Å². The highest BCUT2D eigenvalue weighted by Crippen LogP contribution is 2.23. The predicted molar refractivity (Wildman–Crippen MR) is 161 cm³/mol. The Morgan fingerprint density at radius 2 is 1.74 bits per heavy atom. The van der Waals surface area contributed by atoms with Gasteiger partial charge in [-0.2, -0.15) is 0 Å². The number of nitrogens with one attached hydrogen (secondary N) is 2. The number of hydrogen-bond acceptors (Lipinski definition) is 7. The minimum atomic E-state index is -1.10. The summed E-state index contributed by atoms with van der Waals surface area (Å²) >= 11 is 6.02. The molecule has 2 aromatic carbocycles. The van der Waals surface area contributed by atoms with Crippen molar-refractivity contribution in [2.24, 2.45) is 0 Å². The van der Waals surface area contributed by atoms with Crippen molar-refractivity contribution in [1.29, 1.82) is 0 Å². The van der Waals surface area contributed by atoms with Gasteiger partial charge in [-0.3, -0.25) is 14.4 Å². The third-order valence-corrected chi connectivity index (χ3v) is 6.50. The van der Waals surface area contributed by atoms with Crippen molar-refractivity contribution in [3.8, 4) is 11.5 Å². The molecule has 0 saturated heterocycles. The Kier molecular flexibility index (Phi) is 14.1. The summed E-state index contributed by atoms with van der Waals surface area (Å²) in [6.45, 7) is 9.71. The van der Waals surface area contributed by atoms with Gasteiger partial charge in [0.2, 0.25) is 11.8 Å². The fraction of sp³-hybridized carbons (Fsp3) is 0.355. The lowest BCUT2D eigenvalue weighted by Crippen LogP contribution is -2.51. The quantitative estimate of drug-likeness (QED) is 0.210. The van der Waals surface area contributed by atoms with Crippen molar-refractivity contribution in [3.05, 3.63) is 83.9 Å². The lowest BCUT2D eigenvalue weighted by molar-refractivity contribution is -0.145. The maximum Gasteiger partial charge on any atom is 0.328 e. The van der Waals surface area contributed by atoms with Crippen LogP contribution in [-0.4, -0.2) is 74.6 Å². The van der Waals surface area contributed by atoms with E-state index < -0.39 is 29.9 Å². The van der Waals surface area contributed by atoms with E-state index in [1.165, 1.54) is 38.3 Å². The standard InChI is InChI=1S/C31H38ClN3O7/c1-6-17-35(18-16-22-8-11-24(40-4)12-9-22)28(36)15-14-26(31(39)41-5)34-29(37)21(3)33-30(38)25-13-10-23(32)20-27(25)42-19-7-2/h6-13,20-21,26H,1-2,14-19H2,3-5H3,(H,33,38)(H,34,37)/t21-,26+/m1/s1. The normalized spacial score (nSPS) is 11.8. The second-order valence-electron chi connectivity index (χ2n) is 9.28. The van der Waals surface area contributed by atoms with Gasteiger partial charge in [-0.1, -0.05) is 42.5 Å². The Bertz CT molecular complexity index is 1250. The molecule has 2 aromatic rings. The molecule has 0 aliphatic rings. The second kappa shape index (κ2) is 17.5. The van der Waals surface area contributed by atoms with Gasteiger partial charge in [0.1, 0.15) is 30.2 Å². The first-order valence-corrected chi connectivity index (χ1v) is 13.7. The van der Waals surface area contributed by atoms with E-state index in [9.17, 15) is 19.2 Å². The summed E-state index contributed by atoms with van der Waals surface area (Å²) in [5.74, 6) is -1.14. The maximum atomic E-state index is 13.0. The van der Waals surface area contributed by atoms with Crippen LogP contribution in [0.3, 0.4) is 0 Å². The molecule has 0 saturated carbocycles. The highest BCUT2D eigenvalue weighted by atomic mass is 35.5. The average molecular weight is 600 g/mol. The third kappa shape index (κ3) is 10.6. The number of rotatable bonds is 17. The Labute approximate surface area is 251 Å². The molecule has 0 bridgehead atoms. The van der Waals surface area contributed by atoms with Crippen LogP contribution < -0.4 is 20.1 Å². The van der Waals surface area contributed by atoms with Crippen LogP contribution in [0.5, 0.6) is 11.5 Å². The number of hydrogen-bond donors (Lipinski definition) is 2. The highest BCUT2D eigenvalue weighted by Gasteiger charge is 2.27. The Hall–Kier alpha value is -4.31. The first kappa shape index (κ1) is 33.9. The van der Waals surface area contributed by atoms with Crippen LogP contribution in [0, 0.1) is 0 Å². The van der Waals surface area contributed by atoms with E-state index in [0.29, 0.717) is 24.5 Å². The molecule has 3 amide bonds. The average Bonchev–Trinajstić information content (AvgIpc) is 2.99. The SMILES string of the molecule is C=CCOc1cc(Cl)ccc1C(=O)N[C@H](C)C(=O)N[C@@H](CCC(=O)N(CC=C)CCc1ccc(OC)cc1)C(=O)OC. The van der Waals surface area contributed by atoms with Gasteiger partial charge in [0.25, 0.3) is 5.91 Å². The summed E-state index contributed by atoms with van der Waals surface area (Å²) in [6, 6.07) is 9.94. The van der Waals surface area contributed by atoms with Crippen molar-refractivity contribution < 1.29 is 33.4 Å². The molecule has 0 spiro atoms. The molecule has 0 unspecified atom stereocenters. The Morgan fingerprint density at radius 1 is 1.02 bits per heavy atom. The van der Waals surface area contributed by atoms with Crippen LogP contribution in [0.4, 0.5) is 0 Å². The van der Waals surface area contributed by atoms with Gasteiger partial charge in [0.05, 0.1) is 19.8 Å². The lowest BCUT2D eigenvalue weighted by Gasteiger charge is -2.23. The number of ether oxygens (including phenoxy) is 3. The van der Waals surface area contributed by atoms with Gasteiger partial charge >= 0.3 is 5.97 Å². The van der Waals surface area contributed by atoms with Crippen LogP contribution in [0.1, 0.15) is 35.7 Å². The second-order valence-corrected chi connectivity index (χ2v) is 9.72. The van der Waals surface area contributed by atoms with Crippen LogP contribution in [-0.2, 0) is 25.5 Å². The molecular weight excluding hydrogens is 562 g/mol. The van der Waals surface area contributed by atoms with E-state index in [1.807, 2.05) is 24.3 Å². The lowest BCUT2D eigenvalue weighted by atomic mass is 10.1. The number of esters is 1. The zero-order chi connectivity index (χ0) is 31.1. The fourth-order valence-electron chi connectivity index (χ4n) is 3.94. The molecule has 0 heterocycles. The topological polar surface area (TPSA) is 123 Å². The number of carbonyl (C=O) groups is 4. The van der Waals surface area contributed by atoms with Crippen molar-refractivity contribution >= 4 is 35.3 Å². The summed E-state index contributed by atoms with van der Waals surface area (Å²) in [5, 5.41) is 5.54. The van der Waals surface area contributed by atoms with Crippen LogP contribution >= 0.6 is 11.6 Å². The number of nitrogens with zero attached hydrogens (tertiary/aromatic N) is 1. The third-order valence-electron chi connectivity index (χ3n) is 6.27. The summed E-state index contributed by atoms with van der Waals surface area (Å²) in [6.07, 6.45) is 3.75. The smallest absolute Gasteiger partial charge is 0.328 e. The first-order valence-electron chi connectivity index (χ1n) is 13.4. The largest absolute Gasteiger partial charge is 0.497 e. The van der Waals surface area contributed by atoms with E-state index in [-0.39, 0.29) is 36.7 Å². The molecule has 0 radical (unpaired) electrons. The summed E-state index contributed by atoms with van der Waals surface area (Å²) in [4.78, 5) is 52.9. The molecular formula is C31H38ClN3O7. The molecule has 42 heavy (non-hydrogen) atoms. The number of amides is 3. The van der Waals surface area contributed by atoms with E-state index in [4.69, 9.17) is 25.8 Å². The van der Waals surface area contributed by atoms with E-state index in [0.717, 1.165) is 11.3 Å². The van der Waals surface area contributed by atoms with Crippen LogP contribution in [0.2, 0.25) is 5.02 Å². The van der Waals surface area contributed by atoms with Gasteiger partial charge in [0.15, 0.2) is 0 Å². The van der Waals surface area contributed by atoms with Crippen LogP contribution in [0.15, 0.2) is 67.8 Å². The van der Waals surface area contributed by atoms with Crippen molar-refractivity contribution in [2.45, 2.75) is 38.3 Å². The molecule has 0 fully saturated rings. The highest BCUT2D eigenvalue weighted by molar-refractivity contribution is 6.30. The van der Waals surface area contributed by atoms with Crippen molar-refractivity contribution in [1.82, 2.24) is 15.5 Å². The maximum absolute atomic E-state index is 13.0. The van der Waals surface area contributed by atoms with E-state index >= 15 is 0 Å². The number of carbonyl (C=O) groups excluding carboxylic acids is 4. The molecule has 0 aliphatic carbocycles. The van der Waals surface area contributed by atoms with Crippen molar-refractivity contribution in [2.75, 3.05) is 33.9 Å². The van der Waals surface area contributed by atoms with Crippen LogP contribution in [0.25, 0.3) is 0 Å². The molecule has 10 nitrogen and oxygen atoms in total. The number of benzene rings is 2. The van der Waals surface area contributed by atoms with Gasteiger partial charge in [-0.15, -0.1) is 6.58 Å². The minimum Gasteiger partial charge on any atom is -0.497 e. The summed E-state index contributed by atoms with van der Waals surface area (Å²) in [5.41, 5.74) is 1.21. The van der Waals surface area contributed by atoms with Crippen molar-refractivity contribution in [3.63, 3.8) is 0 Å². The summed E-state index contributed by atoms with van der Waals surface area (Å²) < 4.78 is 15.5. The Balaban J connectivity index is 2.00. The monoisotopic (exact) mass is 599 g/mol. The molecule has 2 N–H and O–H groups in total. The number of halogens is 1. The minimum absolute atomic E-state index is 0.00478. The van der Waals surface area contributed by atoms with Gasteiger partial charge in [-0.05, 0) is 55.7 Å². The molecule has 0 aliphatic heterocycles. The van der Waals surface area contributed by atoms with Gasteiger partial charge in [0, 0.05) is 24.5 Å². The zero-order valence-corrected chi connectivity index (χ0v) is 24.9.